The number of esters is 1. The number of aromatic nitrogens is 1. The maximum atomic E-state index is 11.8. The summed E-state index contributed by atoms with van der Waals surface area (Å²) in [4.78, 5) is 24.3. The molecule has 0 aliphatic heterocycles. The first kappa shape index (κ1) is 17.4. The van der Waals surface area contributed by atoms with Gasteiger partial charge in [-0.2, -0.15) is 0 Å². The first-order valence-corrected chi connectivity index (χ1v) is 9.21. The SMILES string of the molecule is CCC(C)c1ccc(-c2cc3scc(CC(=O)OC)n3c2C=O)cc1. The first-order chi connectivity index (χ1) is 12.1. The third-order valence-electron chi connectivity index (χ3n) is 4.68. The molecule has 0 N–H and O–H groups in total. The predicted molar refractivity (Wildman–Crippen MR) is 101 cm³/mol. The average molecular weight is 355 g/mol. The van der Waals surface area contributed by atoms with Gasteiger partial charge in [0.15, 0.2) is 6.29 Å². The number of hydrogen-bond acceptors (Lipinski definition) is 4. The fourth-order valence-electron chi connectivity index (χ4n) is 2.98. The molecule has 1 aromatic carbocycles. The number of methoxy groups -OCH3 is 1. The molecule has 1 unspecified atom stereocenters. The maximum Gasteiger partial charge on any atom is 0.311 e. The van der Waals surface area contributed by atoms with Crippen molar-refractivity contribution in [3.05, 3.63) is 52.7 Å². The van der Waals surface area contributed by atoms with Crippen LogP contribution in [0.2, 0.25) is 0 Å². The number of fused-ring (bicyclic) bond motifs is 1. The molecule has 2 aromatic heterocycles. The van der Waals surface area contributed by atoms with E-state index in [0.29, 0.717) is 11.6 Å². The quantitative estimate of drug-likeness (QED) is 0.475. The van der Waals surface area contributed by atoms with Gasteiger partial charge in [-0.15, -0.1) is 11.3 Å². The van der Waals surface area contributed by atoms with Crippen molar-refractivity contribution in [3.63, 3.8) is 0 Å². The van der Waals surface area contributed by atoms with Crippen LogP contribution in [0.15, 0.2) is 35.7 Å². The van der Waals surface area contributed by atoms with E-state index in [1.807, 2.05) is 15.8 Å². The van der Waals surface area contributed by atoms with Crippen molar-refractivity contribution >= 4 is 28.4 Å². The number of nitrogens with zero attached hydrogens (tertiary/aromatic N) is 1. The Balaban J connectivity index is 2.05. The highest BCUT2D eigenvalue weighted by atomic mass is 32.1. The standard InChI is InChI=1S/C20H21NO3S/c1-4-13(2)14-5-7-15(8-6-14)17-10-19-21(18(17)11-22)16(12-25-19)9-20(23)24-3/h5-8,10-13H,4,9H2,1-3H3. The molecule has 25 heavy (non-hydrogen) atoms. The third kappa shape index (κ3) is 3.24. The minimum absolute atomic E-state index is 0.151. The van der Waals surface area contributed by atoms with Crippen LogP contribution in [0.4, 0.5) is 0 Å². The second-order valence-electron chi connectivity index (χ2n) is 6.15. The summed E-state index contributed by atoms with van der Waals surface area (Å²) in [6, 6.07) is 10.4. The molecule has 4 nitrogen and oxygen atoms in total. The fourth-order valence-corrected chi connectivity index (χ4v) is 3.93. The Morgan fingerprint density at radius 1 is 1.32 bits per heavy atom. The molecule has 0 bridgehead atoms. The number of carbonyl (C=O) groups is 2. The van der Waals surface area contributed by atoms with E-state index in [1.54, 1.807) is 0 Å². The van der Waals surface area contributed by atoms with Crippen LogP contribution in [0.25, 0.3) is 16.0 Å². The Labute approximate surface area is 151 Å². The average Bonchev–Trinajstić information content (AvgIpc) is 3.20. The summed E-state index contributed by atoms with van der Waals surface area (Å²) in [6.07, 6.45) is 2.11. The molecule has 0 spiro atoms. The van der Waals surface area contributed by atoms with E-state index in [2.05, 4.69) is 38.1 Å². The van der Waals surface area contributed by atoms with Crippen LogP contribution in [0, 0.1) is 0 Å². The van der Waals surface area contributed by atoms with Crippen LogP contribution in [-0.2, 0) is 16.0 Å². The van der Waals surface area contributed by atoms with E-state index in [9.17, 15) is 9.59 Å². The summed E-state index contributed by atoms with van der Waals surface area (Å²) in [5, 5.41) is 1.90. The molecule has 0 saturated carbocycles. The third-order valence-corrected chi connectivity index (χ3v) is 5.61. The highest BCUT2D eigenvalue weighted by molar-refractivity contribution is 7.15. The molecule has 0 fully saturated rings. The lowest BCUT2D eigenvalue weighted by molar-refractivity contribution is -0.139. The second kappa shape index (κ2) is 7.23. The van der Waals surface area contributed by atoms with Gasteiger partial charge < -0.3 is 9.14 Å². The van der Waals surface area contributed by atoms with Crippen molar-refractivity contribution in [2.45, 2.75) is 32.6 Å². The Morgan fingerprint density at radius 3 is 2.64 bits per heavy atom. The van der Waals surface area contributed by atoms with E-state index in [0.717, 1.165) is 34.4 Å². The van der Waals surface area contributed by atoms with E-state index in [1.165, 1.54) is 24.0 Å². The van der Waals surface area contributed by atoms with Crippen molar-refractivity contribution in [2.75, 3.05) is 7.11 Å². The van der Waals surface area contributed by atoms with E-state index >= 15 is 0 Å². The zero-order valence-electron chi connectivity index (χ0n) is 14.6. The number of rotatable bonds is 6. The number of hydrogen-bond donors (Lipinski definition) is 0. The van der Waals surface area contributed by atoms with E-state index in [-0.39, 0.29) is 12.4 Å². The topological polar surface area (TPSA) is 47.8 Å². The highest BCUT2D eigenvalue weighted by Crippen LogP contribution is 2.32. The van der Waals surface area contributed by atoms with Gasteiger partial charge in [-0.25, -0.2) is 0 Å². The first-order valence-electron chi connectivity index (χ1n) is 8.33. The Bertz CT molecular complexity index is 905. The van der Waals surface area contributed by atoms with Gasteiger partial charge in [-0.05, 0) is 29.5 Å². The van der Waals surface area contributed by atoms with Crippen LogP contribution < -0.4 is 0 Å². The molecular weight excluding hydrogens is 334 g/mol. The molecule has 3 rings (SSSR count). The van der Waals surface area contributed by atoms with Crippen LogP contribution in [0.1, 0.15) is 47.9 Å². The largest absolute Gasteiger partial charge is 0.469 e. The Morgan fingerprint density at radius 2 is 2.04 bits per heavy atom. The monoisotopic (exact) mass is 355 g/mol. The van der Waals surface area contributed by atoms with Gasteiger partial charge >= 0.3 is 5.97 Å². The van der Waals surface area contributed by atoms with Crippen molar-refractivity contribution in [2.24, 2.45) is 0 Å². The summed E-state index contributed by atoms with van der Waals surface area (Å²) in [6.45, 7) is 4.38. The molecule has 3 aromatic rings. The lowest BCUT2D eigenvalue weighted by Crippen LogP contribution is -2.07. The van der Waals surface area contributed by atoms with Gasteiger partial charge in [0.1, 0.15) is 4.83 Å². The molecule has 0 saturated heterocycles. The molecule has 130 valence electrons. The summed E-state index contributed by atoms with van der Waals surface area (Å²) in [5.41, 5.74) is 4.55. The number of thiazole rings is 1. The van der Waals surface area contributed by atoms with Crippen molar-refractivity contribution < 1.29 is 14.3 Å². The minimum atomic E-state index is -0.315. The minimum Gasteiger partial charge on any atom is -0.469 e. The summed E-state index contributed by atoms with van der Waals surface area (Å²) < 4.78 is 6.60. The molecule has 5 heteroatoms. The Hall–Kier alpha value is -2.40. The summed E-state index contributed by atoms with van der Waals surface area (Å²) in [7, 11) is 1.37. The zero-order chi connectivity index (χ0) is 18.0. The van der Waals surface area contributed by atoms with Crippen molar-refractivity contribution in [3.8, 4) is 11.1 Å². The van der Waals surface area contributed by atoms with Gasteiger partial charge in [0, 0.05) is 16.6 Å². The lowest BCUT2D eigenvalue weighted by Gasteiger charge is -2.09. The number of aldehydes is 1. The van der Waals surface area contributed by atoms with Gasteiger partial charge in [0.25, 0.3) is 0 Å². The molecule has 0 aliphatic carbocycles. The summed E-state index contributed by atoms with van der Waals surface area (Å²) >= 11 is 1.52. The molecule has 0 amide bonds. The van der Waals surface area contributed by atoms with Gasteiger partial charge in [0.05, 0.1) is 19.2 Å². The number of carbonyl (C=O) groups excluding carboxylic acids is 2. The number of benzene rings is 1. The molecule has 2 heterocycles. The van der Waals surface area contributed by atoms with Crippen molar-refractivity contribution in [1.82, 2.24) is 4.40 Å². The normalized spacial score (nSPS) is 12.3. The molecule has 0 aliphatic rings. The van der Waals surface area contributed by atoms with Crippen LogP contribution in [0.5, 0.6) is 0 Å². The van der Waals surface area contributed by atoms with Gasteiger partial charge in [-0.3, -0.25) is 9.59 Å². The summed E-state index contributed by atoms with van der Waals surface area (Å²) in [5.74, 6) is 0.202. The smallest absolute Gasteiger partial charge is 0.311 e. The molecular formula is C20H21NO3S. The highest BCUT2D eigenvalue weighted by Gasteiger charge is 2.17. The Kier molecular flexibility index (Phi) is 5.04. The van der Waals surface area contributed by atoms with Gasteiger partial charge in [0.2, 0.25) is 0 Å². The molecule has 1 atom stereocenters. The fraction of sp³-hybridized carbons (Fsp3) is 0.300. The zero-order valence-corrected chi connectivity index (χ0v) is 15.4. The maximum absolute atomic E-state index is 11.8. The molecule has 0 radical (unpaired) electrons. The predicted octanol–water partition coefficient (Wildman–Crippen LogP) is 4.71. The van der Waals surface area contributed by atoms with Crippen molar-refractivity contribution in [1.29, 1.82) is 0 Å². The number of ether oxygens (including phenoxy) is 1. The van der Waals surface area contributed by atoms with Crippen LogP contribution in [0.3, 0.4) is 0 Å². The van der Waals surface area contributed by atoms with E-state index < -0.39 is 0 Å². The van der Waals surface area contributed by atoms with E-state index in [4.69, 9.17) is 4.74 Å². The van der Waals surface area contributed by atoms with Crippen LogP contribution >= 0.6 is 11.3 Å². The lowest BCUT2D eigenvalue weighted by atomic mass is 9.96. The second-order valence-corrected chi connectivity index (χ2v) is 7.04. The van der Waals surface area contributed by atoms with Gasteiger partial charge in [-0.1, -0.05) is 38.1 Å². The van der Waals surface area contributed by atoms with Crippen LogP contribution in [-0.4, -0.2) is 23.8 Å².